The number of aliphatic hydroxyl groups is 1. The Kier molecular flexibility index (Phi) is 5.73. The number of benzene rings is 2. The molecule has 9 heteroatoms. The first-order valence-corrected chi connectivity index (χ1v) is 11.8. The highest BCUT2D eigenvalue weighted by molar-refractivity contribution is 7.90. The fraction of sp³-hybridized carbons (Fsp3) is 0.160. The quantitative estimate of drug-likeness (QED) is 0.448. The molecule has 4 rings (SSSR count). The summed E-state index contributed by atoms with van der Waals surface area (Å²) in [5, 5.41) is 31.0. The highest BCUT2D eigenvalue weighted by atomic mass is 32.2. The highest BCUT2D eigenvalue weighted by Crippen LogP contribution is 2.36. The van der Waals surface area contributed by atoms with Gasteiger partial charge in [-0.3, -0.25) is 4.98 Å². The smallest absolute Gasteiger partial charge is 0.337 e. The summed E-state index contributed by atoms with van der Waals surface area (Å²) in [6.45, 7) is 4.92. The summed E-state index contributed by atoms with van der Waals surface area (Å²) in [5.74, 6) is -1.20. The van der Waals surface area contributed by atoms with E-state index in [2.05, 4.69) is 4.98 Å². The first-order valence-electron chi connectivity index (χ1n) is 10.3. The number of aromatic carboxylic acids is 1. The first-order chi connectivity index (χ1) is 16.1. The van der Waals surface area contributed by atoms with E-state index in [0.29, 0.717) is 16.6 Å². The van der Waals surface area contributed by atoms with E-state index in [1.54, 1.807) is 51.1 Å². The third-order valence-electron chi connectivity index (χ3n) is 5.89. The maximum absolute atomic E-state index is 13.8. The van der Waals surface area contributed by atoms with E-state index in [4.69, 9.17) is 0 Å². The second-order valence-corrected chi connectivity index (χ2v) is 9.78. The lowest BCUT2D eigenvalue weighted by atomic mass is 9.96. The molecule has 0 saturated heterocycles. The summed E-state index contributed by atoms with van der Waals surface area (Å²) in [5.41, 5.74) is 1.99. The van der Waals surface area contributed by atoms with Crippen molar-refractivity contribution in [3.8, 4) is 6.07 Å². The van der Waals surface area contributed by atoms with Crippen LogP contribution >= 0.6 is 0 Å². The van der Waals surface area contributed by atoms with Crippen molar-refractivity contribution in [1.29, 1.82) is 5.26 Å². The van der Waals surface area contributed by atoms with Crippen molar-refractivity contribution in [3.63, 3.8) is 0 Å². The maximum atomic E-state index is 13.8. The molecule has 2 aromatic carbocycles. The van der Waals surface area contributed by atoms with Crippen LogP contribution in [0.15, 0.2) is 59.6 Å². The van der Waals surface area contributed by atoms with Gasteiger partial charge in [0, 0.05) is 22.8 Å². The Morgan fingerprint density at radius 3 is 2.41 bits per heavy atom. The number of hydrogen-bond donors (Lipinski definition) is 2. The van der Waals surface area contributed by atoms with Crippen LogP contribution in [0.1, 0.15) is 50.1 Å². The summed E-state index contributed by atoms with van der Waals surface area (Å²) >= 11 is 0. The summed E-state index contributed by atoms with van der Waals surface area (Å²) in [6, 6.07) is 14.5. The van der Waals surface area contributed by atoms with E-state index < -0.39 is 22.1 Å². The average Bonchev–Trinajstić information content (AvgIpc) is 3.20. The predicted molar refractivity (Wildman–Crippen MR) is 125 cm³/mol. The normalized spacial score (nSPS) is 12.4. The topological polar surface area (TPSA) is 133 Å². The molecule has 0 bridgehead atoms. The van der Waals surface area contributed by atoms with E-state index in [0.717, 1.165) is 3.97 Å². The monoisotopic (exact) mass is 475 g/mol. The van der Waals surface area contributed by atoms with Crippen LogP contribution < -0.4 is 0 Å². The van der Waals surface area contributed by atoms with Crippen molar-refractivity contribution in [2.24, 2.45) is 0 Å². The first kappa shape index (κ1) is 23.2. The Labute approximate surface area is 196 Å². The van der Waals surface area contributed by atoms with Gasteiger partial charge in [-0.2, -0.15) is 5.26 Å². The minimum atomic E-state index is -4.19. The SMILES string of the molecule is Cc1ncc(C(=O)O)c(C)c1C(O)c1cc2c(C)cc(C#N)cc2n1S(=O)(=O)c1ccccc1. The minimum Gasteiger partial charge on any atom is -0.478 e. The van der Waals surface area contributed by atoms with Crippen molar-refractivity contribution in [3.05, 3.63) is 93.9 Å². The third-order valence-corrected chi connectivity index (χ3v) is 7.65. The maximum Gasteiger partial charge on any atom is 0.337 e. The summed E-state index contributed by atoms with van der Waals surface area (Å²) < 4.78 is 28.6. The molecule has 4 aromatic rings. The van der Waals surface area contributed by atoms with Gasteiger partial charge in [0.1, 0.15) is 6.10 Å². The Morgan fingerprint density at radius 1 is 1.12 bits per heavy atom. The number of aliphatic hydroxyl groups excluding tert-OH is 1. The van der Waals surface area contributed by atoms with Crippen LogP contribution in [-0.2, 0) is 10.0 Å². The fourth-order valence-electron chi connectivity index (χ4n) is 4.21. The molecule has 172 valence electrons. The van der Waals surface area contributed by atoms with Gasteiger partial charge in [-0.05, 0) is 62.2 Å². The summed E-state index contributed by atoms with van der Waals surface area (Å²) in [6.07, 6.45) is -0.286. The van der Waals surface area contributed by atoms with E-state index in [9.17, 15) is 28.7 Å². The minimum absolute atomic E-state index is 0.00631. The van der Waals surface area contributed by atoms with Crippen molar-refractivity contribution in [1.82, 2.24) is 8.96 Å². The zero-order valence-electron chi connectivity index (χ0n) is 18.6. The van der Waals surface area contributed by atoms with E-state index in [1.165, 1.54) is 24.4 Å². The second-order valence-electron chi connectivity index (χ2n) is 7.99. The number of nitrogens with zero attached hydrogens (tertiary/aromatic N) is 3. The lowest BCUT2D eigenvalue weighted by Gasteiger charge is -2.20. The zero-order chi connectivity index (χ0) is 24.8. The number of fused-ring (bicyclic) bond motifs is 1. The molecule has 2 heterocycles. The largest absolute Gasteiger partial charge is 0.478 e. The molecule has 2 aromatic heterocycles. The Hall–Kier alpha value is -4.00. The van der Waals surface area contributed by atoms with Gasteiger partial charge in [-0.1, -0.05) is 18.2 Å². The number of aromatic nitrogens is 2. The van der Waals surface area contributed by atoms with Crippen LogP contribution in [0, 0.1) is 32.1 Å². The van der Waals surface area contributed by atoms with Gasteiger partial charge in [0.2, 0.25) is 0 Å². The number of pyridine rings is 1. The van der Waals surface area contributed by atoms with Crippen molar-refractivity contribution < 1.29 is 23.4 Å². The van der Waals surface area contributed by atoms with Gasteiger partial charge >= 0.3 is 5.97 Å². The molecule has 1 unspecified atom stereocenters. The molecule has 0 spiro atoms. The molecule has 0 radical (unpaired) electrons. The molecule has 0 aliphatic carbocycles. The van der Waals surface area contributed by atoms with Gasteiger partial charge in [0.25, 0.3) is 10.0 Å². The molecular formula is C25H21N3O5S. The van der Waals surface area contributed by atoms with Crippen LogP contribution in [-0.4, -0.2) is 33.6 Å². The second kappa shape index (κ2) is 8.41. The van der Waals surface area contributed by atoms with Crippen molar-refractivity contribution in [2.45, 2.75) is 31.8 Å². The molecule has 34 heavy (non-hydrogen) atoms. The number of carboxylic acids is 1. The highest BCUT2D eigenvalue weighted by Gasteiger charge is 2.30. The molecule has 0 fully saturated rings. The predicted octanol–water partition coefficient (Wildman–Crippen LogP) is 3.85. The Bertz CT molecular complexity index is 1600. The van der Waals surface area contributed by atoms with E-state index in [1.807, 2.05) is 6.07 Å². The van der Waals surface area contributed by atoms with Crippen LogP contribution in [0.3, 0.4) is 0 Å². The molecule has 8 nitrogen and oxygen atoms in total. The lowest BCUT2D eigenvalue weighted by molar-refractivity contribution is 0.0695. The van der Waals surface area contributed by atoms with Gasteiger partial charge in [-0.25, -0.2) is 17.2 Å². The fourth-order valence-corrected chi connectivity index (χ4v) is 5.76. The Balaban J connectivity index is 2.10. The molecule has 0 aliphatic rings. The van der Waals surface area contributed by atoms with Gasteiger partial charge < -0.3 is 10.2 Å². The molecule has 1 atom stereocenters. The number of carbonyl (C=O) groups is 1. The third kappa shape index (κ3) is 3.63. The van der Waals surface area contributed by atoms with Crippen LogP contribution in [0.25, 0.3) is 10.9 Å². The van der Waals surface area contributed by atoms with Gasteiger partial charge in [0.15, 0.2) is 0 Å². The molecule has 2 N–H and O–H groups in total. The standard InChI is InChI=1S/C25H21N3O5S/c1-14-9-17(12-26)10-21-19(14)11-22(28(21)34(32,33)18-7-5-4-6-8-18)24(29)23-15(2)20(25(30)31)13-27-16(23)3/h4-11,13,24,29H,1-3H3,(H,30,31). The van der Waals surface area contributed by atoms with Gasteiger partial charge in [0.05, 0.1) is 33.3 Å². The van der Waals surface area contributed by atoms with E-state index >= 15 is 0 Å². The van der Waals surface area contributed by atoms with Crippen molar-refractivity contribution in [2.75, 3.05) is 0 Å². The molecular weight excluding hydrogens is 454 g/mol. The van der Waals surface area contributed by atoms with Crippen LogP contribution in [0.4, 0.5) is 0 Å². The number of carboxylic acid groups (broad SMARTS) is 1. The number of hydrogen-bond acceptors (Lipinski definition) is 6. The van der Waals surface area contributed by atoms with E-state index in [-0.39, 0.29) is 38.4 Å². The average molecular weight is 476 g/mol. The summed E-state index contributed by atoms with van der Waals surface area (Å²) in [4.78, 5) is 15.8. The molecule has 0 aliphatic heterocycles. The number of rotatable bonds is 5. The zero-order valence-corrected chi connectivity index (χ0v) is 19.5. The summed E-state index contributed by atoms with van der Waals surface area (Å²) in [7, 11) is -4.19. The molecule has 0 saturated carbocycles. The lowest BCUT2D eigenvalue weighted by Crippen LogP contribution is -2.20. The van der Waals surface area contributed by atoms with Crippen LogP contribution in [0.5, 0.6) is 0 Å². The van der Waals surface area contributed by atoms with Gasteiger partial charge in [-0.15, -0.1) is 0 Å². The van der Waals surface area contributed by atoms with Crippen molar-refractivity contribution >= 4 is 26.9 Å². The number of aryl methyl sites for hydroxylation is 2. The Morgan fingerprint density at radius 2 is 1.79 bits per heavy atom. The molecule has 0 amide bonds. The van der Waals surface area contributed by atoms with Crippen LogP contribution in [0.2, 0.25) is 0 Å². The number of nitriles is 1.